The molecule has 0 saturated heterocycles. The lowest BCUT2D eigenvalue weighted by molar-refractivity contribution is 0.0841. The molecule has 9 heteroatoms. The van der Waals surface area contributed by atoms with Crippen LogP contribution in [0, 0.1) is 0 Å². The molecule has 1 aliphatic carbocycles. The van der Waals surface area contributed by atoms with E-state index in [4.69, 9.17) is 9.15 Å². The molecule has 1 aromatic carbocycles. The summed E-state index contributed by atoms with van der Waals surface area (Å²) in [6.45, 7) is 2.62. The maximum absolute atomic E-state index is 12.6. The van der Waals surface area contributed by atoms with E-state index in [0.29, 0.717) is 30.5 Å². The molecule has 3 N–H and O–H groups in total. The van der Waals surface area contributed by atoms with Crippen LogP contribution in [0.2, 0.25) is 0 Å². The number of amides is 1. The first-order valence-electron chi connectivity index (χ1n) is 12.1. The van der Waals surface area contributed by atoms with Gasteiger partial charge in [-0.3, -0.25) is 14.7 Å². The van der Waals surface area contributed by atoms with Crippen molar-refractivity contribution in [3.05, 3.63) is 71.7 Å². The Balaban J connectivity index is 1.07. The van der Waals surface area contributed by atoms with Crippen LogP contribution >= 0.6 is 0 Å². The molecule has 1 unspecified atom stereocenters. The number of fused-ring (bicyclic) bond motifs is 1. The number of carbonyl (C=O) groups excluding carboxylic acids is 1. The maximum atomic E-state index is 12.6. The van der Waals surface area contributed by atoms with E-state index in [0.717, 1.165) is 43.8 Å². The van der Waals surface area contributed by atoms with Gasteiger partial charge in [0.25, 0.3) is 5.91 Å². The Morgan fingerprint density at radius 3 is 2.91 bits per heavy atom. The molecule has 35 heavy (non-hydrogen) atoms. The number of nitrogens with one attached hydrogen (secondary N) is 2. The normalized spacial score (nSPS) is 16.7. The van der Waals surface area contributed by atoms with Crippen LogP contribution in [0.15, 0.2) is 53.7 Å². The predicted molar refractivity (Wildman–Crippen MR) is 130 cm³/mol. The molecule has 0 bridgehead atoms. The van der Waals surface area contributed by atoms with Gasteiger partial charge in [-0.2, -0.15) is 0 Å². The summed E-state index contributed by atoms with van der Waals surface area (Å²) < 4.78 is 11.0. The Labute approximate surface area is 204 Å². The molecule has 1 fully saturated rings. The molecule has 1 amide bonds. The van der Waals surface area contributed by atoms with Gasteiger partial charge in [-0.25, -0.2) is 4.98 Å². The first kappa shape index (κ1) is 23.3. The van der Waals surface area contributed by atoms with Crippen molar-refractivity contribution < 1.29 is 19.1 Å². The van der Waals surface area contributed by atoms with Crippen molar-refractivity contribution in [3.8, 4) is 5.75 Å². The van der Waals surface area contributed by atoms with Gasteiger partial charge >= 0.3 is 0 Å². The highest BCUT2D eigenvalue weighted by Crippen LogP contribution is 2.25. The molecule has 3 aromatic rings. The van der Waals surface area contributed by atoms with Crippen molar-refractivity contribution >= 4 is 11.6 Å². The minimum Gasteiger partial charge on any atom is -0.486 e. The molecule has 2 aromatic heterocycles. The zero-order chi connectivity index (χ0) is 24.0. The number of aromatic nitrogens is 2. The van der Waals surface area contributed by atoms with E-state index in [9.17, 15) is 9.90 Å². The van der Waals surface area contributed by atoms with Crippen LogP contribution in [0.4, 0.5) is 5.69 Å². The summed E-state index contributed by atoms with van der Waals surface area (Å²) in [4.78, 5) is 22.8. The molecule has 184 valence electrons. The Morgan fingerprint density at radius 2 is 2.11 bits per heavy atom. The third-order valence-corrected chi connectivity index (χ3v) is 6.58. The highest BCUT2D eigenvalue weighted by molar-refractivity contribution is 5.94. The number of β-amino-alcohol motifs (C(OH)–C–C–N with tert-alkyl or cyclic N) is 1. The fraction of sp³-hybridized carbons (Fsp3) is 0.423. The second-order valence-corrected chi connectivity index (χ2v) is 9.27. The number of ether oxygens (including phenoxy) is 1. The fourth-order valence-corrected chi connectivity index (χ4v) is 4.41. The molecule has 1 aliphatic heterocycles. The Kier molecular flexibility index (Phi) is 7.25. The number of carbonyl (C=O) groups is 1. The van der Waals surface area contributed by atoms with Gasteiger partial charge < -0.3 is 24.9 Å². The Bertz CT molecular complexity index is 1130. The third-order valence-electron chi connectivity index (χ3n) is 6.58. The fourth-order valence-electron chi connectivity index (χ4n) is 4.41. The molecule has 5 rings (SSSR count). The molecule has 0 radical (unpaired) electrons. The number of oxazole rings is 1. The molecular weight excluding hydrogens is 446 g/mol. The van der Waals surface area contributed by atoms with E-state index >= 15 is 0 Å². The molecule has 1 saturated carbocycles. The van der Waals surface area contributed by atoms with Gasteiger partial charge in [0.2, 0.25) is 0 Å². The van der Waals surface area contributed by atoms with Crippen molar-refractivity contribution in [2.75, 3.05) is 25.0 Å². The van der Waals surface area contributed by atoms with Gasteiger partial charge in [-0.15, -0.1) is 0 Å². The lowest BCUT2D eigenvalue weighted by Gasteiger charge is -2.30. The number of aliphatic hydroxyl groups is 1. The largest absolute Gasteiger partial charge is 0.486 e. The minimum atomic E-state index is -0.658. The van der Waals surface area contributed by atoms with Crippen LogP contribution in [0.3, 0.4) is 0 Å². The number of pyridine rings is 1. The summed E-state index contributed by atoms with van der Waals surface area (Å²) in [7, 11) is 0. The number of rotatable bonds is 10. The number of hydrogen-bond acceptors (Lipinski definition) is 8. The van der Waals surface area contributed by atoms with Crippen molar-refractivity contribution in [2.24, 2.45) is 0 Å². The molecule has 3 heterocycles. The van der Waals surface area contributed by atoms with E-state index in [1.165, 1.54) is 23.9 Å². The van der Waals surface area contributed by atoms with Gasteiger partial charge in [-0.1, -0.05) is 6.07 Å². The smallest absolute Gasteiger partial charge is 0.253 e. The second-order valence-electron chi connectivity index (χ2n) is 9.27. The monoisotopic (exact) mass is 477 g/mol. The van der Waals surface area contributed by atoms with Crippen molar-refractivity contribution in [2.45, 2.75) is 51.0 Å². The number of benzene rings is 1. The van der Waals surface area contributed by atoms with Crippen LogP contribution in [0.5, 0.6) is 5.75 Å². The van der Waals surface area contributed by atoms with Crippen molar-refractivity contribution in [1.82, 2.24) is 20.2 Å². The van der Waals surface area contributed by atoms with Crippen molar-refractivity contribution in [1.29, 1.82) is 0 Å². The van der Waals surface area contributed by atoms with Gasteiger partial charge in [0.1, 0.15) is 12.4 Å². The number of nitrogens with zero attached hydrogens (tertiary/aromatic N) is 3. The van der Waals surface area contributed by atoms with Crippen LogP contribution in [-0.4, -0.2) is 57.7 Å². The first-order valence-corrected chi connectivity index (χ1v) is 12.1. The number of anilines is 1. The summed E-state index contributed by atoms with van der Waals surface area (Å²) in [5, 5.41) is 16.8. The van der Waals surface area contributed by atoms with Crippen LogP contribution in [0.1, 0.15) is 46.5 Å². The van der Waals surface area contributed by atoms with E-state index in [-0.39, 0.29) is 12.5 Å². The van der Waals surface area contributed by atoms with Crippen LogP contribution in [-0.2, 0) is 19.6 Å². The summed E-state index contributed by atoms with van der Waals surface area (Å²) in [5.74, 6) is 1.26. The number of hydrogen-bond donors (Lipinski definition) is 3. The topological polar surface area (TPSA) is 113 Å². The summed E-state index contributed by atoms with van der Waals surface area (Å²) in [6, 6.07) is 8.39. The Morgan fingerprint density at radius 1 is 1.20 bits per heavy atom. The standard InChI is InChI=1S/C26H31N5O4/c32-23(12-29-26(33)20-8-22(11-27-10-20)30-21-2-1-3-21)15-31-7-6-18-9-24(5-4-19(18)14-31)34-16-25-13-28-17-35-25/h4-5,8-11,13,17,21,23,30,32H,1-3,6-7,12,14-16H2,(H,29,33). The predicted octanol–water partition coefficient (Wildman–Crippen LogP) is 2.76. The lowest BCUT2D eigenvalue weighted by Crippen LogP contribution is -2.42. The van der Waals surface area contributed by atoms with E-state index < -0.39 is 6.10 Å². The average Bonchev–Trinajstić information content (AvgIpc) is 3.37. The van der Waals surface area contributed by atoms with Gasteiger partial charge in [0.15, 0.2) is 12.2 Å². The molecule has 2 aliphatic rings. The summed E-state index contributed by atoms with van der Waals surface area (Å²) in [5.41, 5.74) is 3.83. The first-order chi connectivity index (χ1) is 17.1. The second kappa shape index (κ2) is 10.9. The van der Waals surface area contributed by atoms with Crippen LogP contribution < -0.4 is 15.4 Å². The van der Waals surface area contributed by atoms with Gasteiger partial charge in [-0.05, 0) is 55.0 Å². The molecule has 0 spiro atoms. The van der Waals surface area contributed by atoms with E-state index in [2.05, 4.69) is 37.6 Å². The highest BCUT2D eigenvalue weighted by atomic mass is 16.5. The Hall–Kier alpha value is -3.43. The highest BCUT2D eigenvalue weighted by Gasteiger charge is 2.21. The number of aliphatic hydroxyl groups excluding tert-OH is 1. The van der Waals surface area contributed by atoms with Crippen LogP contribution in [0.25, 0.3) is 0 Å². The zero-order valence-electron chi connectivity index (χ0n) is 19.7. The SMILES string of the molecule is O=C(NCC(O)CN1CCc2cc(OCc3cnco3)ccc2C1)c1cncc(NC2CCC2)c1. The zero-order valence-corrected chi connectivity index (χ0v) is 19.7. The van der Waals surface area contributed by atoms with E-state index in [1.807, 2.05) is 12.1 Å². The average molecular weight is 478 g/mol. The minimum absolute atomic E-state index is 0.191. The van der Waals surface area contributed by atoms with Gasteiger partial charge in [0.05, 0.1) is 23.6 Å². The summed E-state index contributed by atoms with van der Waals surface area (Å²) >= 11 is 0. The molecule has 1 atom stereocenters. The quantitative estimate of drug-likeness (QED) is 0.409. The van der Waals surface area contributed by atoms with Crippen molar-refractivity contribution in [3.63, 3.8) is 0 Å². The lowest BCUT2D eigenvalue weighted by atomic mass is 9.93. The molecule has 9 nitrogen and oxygen atoms in total. The van der Waals surface area contributed by atoms with Gasteiger partial charge in [0, 0.05) is 44.6 Å². The van der Waals surface area contributed by atoms with E-state index in [1.54, 1.807) is 18.6 Å². The molecular formula is C26H31N5O4. The third kappa shape index (κ3) is 6.17. The maximum Gasteiger partial charge on any atom is 0.253 e. The summed E-state index contributed by atoms with van der Waals surface area (Å²) in [6.07, 6.45) is 10.1.